The molecule has 19 heteroatoms. The van der Waals surface area contributed by atoms with Gasteiger partial charge in [-0.3, -0.25) is 13.7 Å². The first kappa shape index (κ1) is 44.1. The monoisotopic (exact) mass is 888 g/mol. The summed E-state index contributed by atoms with van der Waals surface area (Å²) in [5.41, 5.74) is 3.94. The van der Waals surface area contributed by atoms with E-state index in [1.54, 1.807) is 12.1 Å². The first-order valence-electron chi connectivity index (χ1n) is 18.4. The highest BCUT2D eigenvalue weighted by Gasteiger charge is 2.45. The van der Waals surface area contributed by atoms with Crippen LogP contribution in [0.2, 0.25) is 0 Å². The summed E-state index contributed by atoms with van der Waals surface area (Å²) in [6.07, 6.45) is 9.79. The van der Waals surface area contributed by atoms with Gasteiger partial charge in [-0.15, -0.1) is 0 Å². The smallest absolute Gasteiger partial charge is 0.294 e. The number of hydrogen-bond donors (Lipinski definition) is 4. The fraction of sp³-hybridized carbons (Fsp3) is 0.325. The highest BCUT2D eigenvalue weighted by Crippen LogP contribution is 2.45. The van der Waals surface area contributed by atoms with Gasteiger partial charge in [-0.05, 0) is 123 Å². The second kappa shape index (κ2) is 15.9. The Hall–Kier alpha value is -4.47. The van der Waals surface area contributed by atoms with Crippen molar-refractivity contribution in [3.8, 4) is 5.75 Å². The predicted molar refractivity (Wildman–Crippen MR) is 219 cm³/mol. The van der Waals surface area contributed by atoms with Gasteiger partial charge < -0.3 is 14.6 Å². The van der Waals surface area contributed by atoms with Gasteiger partial charge in [-0.2, -0.15) is 29.8 Å². The summed E-state index contributed by atoms with van der Waals surface area (Å²) < 4.78 is 143. The molecule has 0 atom stereocenters. The number of fused-ring (bicyclic) bond motifs is 2. The SMILES string of the molecule is CC1(C)C(/C=C/C2=C(Oc3ccc(S(=O)(=O)O)cc3)C(=C/C=C3\Nc4ccc(S(=O)(=O)[O-])cc4C3(C)C)/CCC2)=[N+](CCCCS(=O)(=O)O)c2ccc(S(=O)(=O)O)cc21. The molecule has 6 rings (SSSR count). The third kappa shape index (κ3) is 9.62. The fourth-order valence-electron chi connectivity index (χ4n) is 7.62. The summed E-state index contributed by atoms with van der Waals surface area (Å²) in [6, 6.07) is 13.7. The fourth-order valence-corrected chi connectivity index (χ4v) is 9.68. The molecule has 316 valence electrons. The maximum absolute atomic E-state index is 12.1. The van der Waals surface area contributed by atoms with Gasteiger partial charge in [0.05, 0.1) is 25.9 Å². The van der Waals surface area contributed by atoms with Crippen molar-refractivity contribution in [1.82, 2.24) is 0 Å². The second-order valence-electron chi connectivity index (χ2n) is 15.6. The quantitative estimate of drug-likeness (QED) is 0.0823. The van der Waals surface area contributed by atoms with E-state index in [1.165, 1.54) is 48.5 Å². The zero-order chi connectivity index (χ0) is 43.3. The molecule has 0 aromatic heterocycles. The van der Waals surface area contributed by atoms with E-state index >= 15 is 0 Å². The van der Waals surface area contributed by atoms with Crippen molar-refractivity contribution < 1.29 is 61.2 Å². The molecular formula is C40H44N2O13S4. The van der Waals surface area contributed by atoms with Crippen molar-refractivity contribution in [1.29, 1.82) is 0 Å². The van der Waals surface area contributed by atoms with E-state index in [9.17, 15) is 51.9 Å². The molecule has 4 N–H and O–H groups in total. The number of allylic oxidation sites excluding steroid dienone is 7. The normalized spacial score (nSPS) is 19.4. The molecule has 2 aliphatic heterocycles. The standard InChI is InChI=1S/C40H44N2O13S4/c1-39(2)32-24-30(58(49,50)51)16-18-34(32)41-36(39)20-10-26-8-7-9-27(38(26)55-28-12-14-29(15-13-28)57(46,47)48)11-21-37-40(3,4)33-25-31(59(52,53)54)17-19-35(33)42(37)22-5-6-23-56(43,44)45/h10-21,24-25H,5-9,22-23H2,1-4H3,(H4,43,44,45,46,47,48,49,50,51,52,53,54). The van der Waals surface area contributed by atoms with Crippen LogP contribution < -0.4 is 10.1 Å². The highest BCUT2D eigenvalue weighted by atomic mass is 32.2. The van der Waals surface area contributed by atoms with E-state index in [2.05, 4.69) is 5.32 Å². The van der Waals surface area contributed by atoms with Gasteiger partial charge in [-0.25, -0.2) is 8.42 Å². The molecule has 2 heterocycles. The van der Waals surface area contributed by atoms with Gasteiger partial charge in [0.2, 0.25) is 5.69 Å². The number of rotatable bonds is 13. The minimum absolute atomic E-state index is 0.157. The Labute approximate surface area is 344 Å². The molecule has 0 bridgehead atoms. The van der Waals surface area contributed by atoms with Crippen LogP contribution >= 0.6 is 0 Å². The minimum Gasteiger partial charge on any atom is -0.744 e. The average Bonchev–Trinajstić information content (AvgIpc) is 3.51. The zero-order valence-corrected chi connectivity index (χ0v) is 35.8. The molecule has 59 heavy (non-hydrogen) atoms. The van der Waals surface area contributed by atoms with Gasteiger partial charge in [0.25, 0.3) is 30.4 Å². The molecule has 0 unspecified atom stereocenters. The maximum atomic E-state index is 12.1. The lowest BCUT2D eigenvalue weighted by Gasteiger charge is -2.23. The van der Waals surface area contributed by atoms with E-state index < -0.39 is 57.1 Å². The van der Waals surface area contributed by atoms with E-state index in [4.69, 9.17) is 4.74 Å². The molecule has 1 aliphatic carbocycles. The van der Waals surface area contributed by atoms with Crippen LogP contribution in [0.1, 0.15) is 70.9 Å². The molecule has 0 fully saturated rings. The lowest BCUT2D eigenvalue weighted by molar-refractivity contribution is -0.438. The second-order valence-corrected chi connectivity index (χ2v) is 21.4. The Balaban J connectivity index is 1.45. The van der Waals surface area contributed by atoms with E-state index in [1.807, 2.05) is 56.6 Å². The van der Waals surface area contributed by atoms with E-state index in [0.717, 1.165) is 22.6 Å². The van der Waals surface area contributed by atoms with Crippen molar-refractivity contribution in [2.75, 3.05) is 17.6 Å². The van der Waals surface area contributed by atoms with Crippen molar-refractivity contribution in [2.45, 2.75) is 85.3 Å². The molecule has 0 spiro atoms. The number of nitrogens with one attached hydrogen (secondary N) is 1. The third-order valence-corrected chi connectivity index (χ3v) is 14.2. The highest BCUT2D eigenvalue weighted by molar-refractivity contribution is 7.86. The zero-order valence-electron chi connectivity index (χ0n) is 32.5. The Bertz CT molecular complexity index is 2830. The summed E-state index contributed by atoms with van der Waals surface area (Å²) in [6.45, 7) is 7.88. The molecule has 3 aliphatic rings. The van der Waals surface area contributed by atoms with Crippen LogP contribution in [0, 0.1) is 0 Å². The molecule has 3 aromatic rings. The lowest BCUT2D eigenvalue weighted by Crippen LogP contribution is -2.28. The first-order chi connectivity index (χ1) is 27.3. The Morgan fingerprint density at radius 3 is 2.00 bits per heavy atom. The number of unbranched alkanes of at least 4 members (excludes halogenated alkanes) is 1. The van der Waals surface area contributed by atoms with Crippen LogP contribution in [0.3, 0.4) is 0 Å². The van der Waals surface area contributed by atoms with Crippen molar-refractivity contribution in [3.63, 3.8) is 0 Å². The third-order valence-electron chi connectivity index (χ3n) is 10.8. The van der Waals surface area contributed by atoms with Crippen LogP contribution in [0.25, 0.3) is 0 Å². The van der Waals surface area contributed by atoms with Crippen molar-refractivity contribution in [2.24, 2.45) is 0 Å². The Morgan fingerprint density at radius 2 is 1.37 bits per heavy atom. The molecule has 0 saturated heterocycles. The summed E-state index contributed by atoms with van der Waals surface area (Å²) >= 11 is 0. The average molecular weight is 889 g/mol. The van der Waals surface area contributed by atoms with Crippen LogP contribution in [0.15, 0.2) is 122 Å². The summed E-state index contributed by atoms with van der Waals surface area (Å²) in [4.78, 5) is -0.942. The van der Waals surface area contributed by atoms with Gasteiger partial charge in [0, 0.05) is 40.9 Å². The molecule has 0 amide bonds. The van der Waals surface area contributed by atoms with E-state index in [0.29, 0.717) is 60.5 Å². The summed E-state index contributed by atoms with van der Waals surface area (Å²) in [5, 5.41) is 3.33. The number of hydrogen-bond acceptors (Lipinski definition) is 11. The number of benzene rings is 3. The number of nitrogens with zero attached hydrogens (tertiary/aromatic N) is 1. The van der Waals surface area contributed by atoms with Gasteiger partial charge in [0.1, 0.15) is 28.2 Å². The van der Waals surface area contributed by atoms with Crippen molar-refractivity contribution >= 4 is 57.6 Å². The van der Waals surface area contributed by atoms with Crippen molar-refractivity contribution in [3.05, 3.63) is 119 Å². The van der Waals surface area contributed by atoms with Crippen LogP contribution in [0.4, 0.5) is 11.4 Å². The van der Waals surface area contributed by atoms with Gasteiger partial charge >= 0.3 is 0 Å². The van der Waals surface area contributed by atoms with Gasteiger partial charge in [-0.1, -0.05) is 19.9 Å². The number of anilines is 1. The molecule has 15 nitrogen and oxygen atoms in total. The van der Waals surface area contributed by atoms with E-state index in [-0.39, 0.29) is 26.9 Å². The molecule has 3 aromatic carbocycles. The topological polar surface area (TPSA) is 245 Å². The van der Waals surface area contributed by atoms with Crippen LogP contribution in [-0.4, -0.2) is 74.5 Å². The minimum atomic E-state index is -4.69. The summed E-state index contributed by atoms with van der Waals surface area (Å²) in [5.74, 6) is 0.297. The largest absolute Gasteiger partial charge is 0.744 e. The number of ether oxygens (including phenoxy) is 1. The van der Waals surface area contributed by atoms with Crippen LogP contribution in [-0.2, 0) is 51.3 Å². The van der Waals surface area contributed by atoms with Gasteiger partial charge in [0.15, 0.2) is 5.71 Å². The first-order valence-corrected chi connectivity index (χ1v) is 24.3. The van der Waals surface area contributed by atoms with Crippen LogP contribution in [0.5, 0.6) is 5.75 Å². The maximum Gasteiger partial charge on any atom is 0.294 e. The molecular weight excluding hydrogens is 845 g/mol. The molecule has 0 saturated carbocycles. The predicted octanol–water partition coefficient (Wildman–Crippen LogP) is 6.42. The lowest BCUT2D eigenvalue weighted by atomic mass is 9.81. The molecule has 0 radical (unpaired) electrons. The Morgan fingerprint density at radius 1 is 0.746 bits per heavy atom. The Kier molecular flexibility index (Phi) is 11.8. The summed E-state index contributed by atoms with van der Waals surface area (Å²) in [7, 11) is -17.9.